The number of hydrogen-bond acceptors (Lipinski definition) is 8. The molecule has 0 saturated carbocycles. The number of carbonyl (C=O) groups is 2. The summed E-state index contributed by atoms with van der Waals surface area (Å²) in [7, 11) is -7.96. The number of furan rings is 2. The standard InChI is InChI=1S/C44H22O8S2/c45-41-27-11-3-7-15-33(27)53(47,48)35-19-17-23(21-29(35)41)37-39-25-9-1-5-13-31(25)51-43(39)38(40-26-10-2-6-14-32(26)52-44(37)40)24-18-20-36-30(22-24)42(46)28-12-4-8-16-34(28)54(36,49)50/h1-22H. The number of benzene rings is 7. The molecule has 7 aromatic carbocycles. The number of carbonyl (C=O) groups excluding carboxylic acids is 2. The molecule has 0 aliphatic carbocycles. The Hall–Kier alpha value is -6.62. The van der Waals surface area contributed by atoms with E-state index in [0.29, 0.717) is 55.4 Å². The van der Waals surface area contributed by atoms with Gasteiger partial charge in [-0.05, 0) is 71.8 Å². The van der Waals surface area contributed by atoms with Crippen LogP contribution < -0.4 is 0 Å². The van der Waals surface area contributed by atoms with Gasteiger partial charge in [0.25, 0.3) is 0 Å². The lowest BCUT2D eigenvalue weighted by molar-refractivity contribution is 0.102. The second-order valence-corrected chi connectivity index (χ2v) is 17.2. The first-order valence-electron chi connectivity index (χ1n) is 17.0. The van der Waals surface area contributed by atoms with Crippen molar-refractivity contribution < 1.29 is 35.3 Å². The summed E-state index contributed by atoms with van der Waals surface area (Å²) < 4.78 is 68.4. The number of ketones is 2. The van der Waals surface area contributed by atoms with Gasteiger partial charge in [-0.1, -0.05) is 72.8 Å². The van der Waals surface area contributed by atoms with Gasteiger partial charge in [0.15, 0.2) is 11.6 Å². The van der Waals surface area contributed by atoms with Crippen LogP contribution in [0.3, 0.4) is 0 Å². The third kappa shape index (κ3) is 3.90. The number of rotatable bonds is 2. The van der Waals surface area contributed by atoms with E-state index in [1.54, 1.807) is 48.5 Å². The van der Waals surface area contributed by atoms with E-state index in [9.17, 15) is 26.4 Å². The summed E-state index contributed by atoms with van der Waals surface area (Å²) >= 11 is 0. The van der Waals surface area contributed by atoms with Crippen molar-refractivity contribution in [3.8, 4) is 22.3 Å². The summed E-state index contributed by atoms with van der Waals surface area (Å²) in [6.07, 6.45) is 0. The van der Waals surface area contributed by atoms with Gasteiger partial charge in [0.2, 0.25) is 19.7 Å². The molecule has 8 nitrogen and oxygen atoms in total. The highest BCUT2D eigenvalue weighted by Crippen LogP contribution is 2.52. The Morgan fingerprint density at radius 1 is 0.389 bits per heavy atom. The Balaban J connectivity index is 1.26. The van der Waals surface area contributed by atoms with E-state index >= 15 is 0 Å². The Kier molecular flexibility index (Phi) is 6.02. The summed E-state index contributed by atoms with van der Waals surface area (Å²) in [5.74, 6) is -0.809. The normalized spacial score (nSPS) is 15.3. The predicted molar refractivity (Wildman–Crippen MR) is 203 cm³/mol. The van der Waals surface area contributed by atoms with Crippen molar-refractivity contribution in [2.24, 2.45) is 0 Å². The molecular formula is C44H22O8S2. The molecule has 2 aromatic heterocycles. The maximum absolute atomic E-state index is 13.9. The Morgan fingerprint density at radius 2 is 0.759 bits per heavy atom. The molecule has 0 atom stereocenters. The molecule has 0 radical (unpaired) electrons. The van der Waals surface area contributed by atoms with E-state index in [2.05, 4.69) is 0 Å². The second-order valence-electron chi connectivity index (χ2n) is 13.4. The van der Waals surface area contributed by atoms with E-state index in [1.165, 1.54) is 36.4 Å². The molecule has 2 aliphatic heterocycles. The molecule has 11 rings (SSSR count). The fourth-order valence-corrected chi connectivity index (χ4v) is 11.5. The second kappa shape index (κ2) is 10.5. The minimum Gasteiger partial charge on any atom is -0.455 e. The lowest BCUT2D eigenvalue weighted by Gasteiger charge is -2.20. The van der Waals surface area contributed by atoms with Gasteiger partial charge in [-0.25, -0.2) is 16.8 Å². The number of para-hydroxylation sites is 2. The van der Waals surface area contributed by atoms with Gasteiger partial charge in [0.1, 0.15) is 22.3 Å². The third-order valence-corrected chi connectivity index (χ3v) is 14.3. The molecule has 0 saturated heterocycles. The molecule has 0 unspecified atom stereocenters. The summed E-state index contributed by atoms with van der Waals surface area (Å²) in [5.41, 5.74) is 4.56. The Morgan fingerprint density at radius 3 is 1.20 bits per heavy atom. The monoisotopic (exact) mass is 742 g/mol. The molecule has 4 heterocycles. The molecule has 258 valence electrons. The fourth-order valence-electron chi connectivity index (χ4n) is 8.22. The summed E-state index contributed by atoms with van der Waals surface area (Å²) in [6.45, 7) is 0. The van der Waals surface area contributed by atoms with Crippen LogP contribution in [0.1, 0.15) is 31.8 Å². The zero-order chi connectivity index (χ0) is 36.7. The van der Waals surface area contributed by atoms with Crippen LogP contribution >= 0.6 is 0 Å². The van der Waals surface area contributed by atoms with Crippen LogP contribution in [-0.2, 0) is 19.7 Å². The maximum Gasteiger partial charge on any atom is 0.208 e. The van der Waals surface area contributed by atoms with Crippen molar-refractivity contribution in [1.29, 1.82) is 0 Å². The van der Waals surface area contributed by atoms with Crippen LogP contribution in [-0.4, -0.2) is 28.4 Å². The van der Waals surface area contributed by atoms with Crippen LogP contribution in [0.2, 0.25) is 0 Å². The van der Waals surface area contributed by atoms with Gasteiger partial charge in [0, 0.05) is 54.9 Å². The van der Waals surface area contributed by atoms with E-state index in [0.717, 1.165) is 10.8 Å². The Labute approximate surface area is 306 Å². The molecule has 0 amide bonds. The quantitative estimate of drug-likeness (QED) is 0.171. The number of sulfone groups is 2. The topological polar surface area (TPSA) is 129 Å². The highest BCUT2D eigenvalue weighted by molar-refractivity contribution is 7.92. The van der Waals surface area contributed by atoms with Gasteiger partial charge in [-0.3, -0.25) is 9.59 Å². The summed E-state index contributed by atoms with van der Waals surface area (Å²) in [4.78, 5) is 27.7. The lowest BCUT2D eigenvalue weighted by atomic mass is 9.88. The van der Waals surface area contributed by atoms with Gasteiger partial charge in [-0.2, -0.15) is 0 Å². The first kappa shape index (κ1) is 31.0. The summed E-state index contributed by atoms with van der Waals surface area (Å²) in [5, 5.41) is 2.75. The van der Waals surface area contributed by atoms with Crippen LogP contribution in [0.25, 0.3) is 66.1 Å². The van der Waals surface area contributed by atoms with Gasteiger partial charge in [0.05, 0.1) is 19.6 Å². The van der Waals surface area contributed by atoms with Crippen molar-refractivity contribution in [1.82, 2.24) is 0 Å². The van der Waals surface area contributed by atoms with Crippen molar-refractivity contribution in [2.75, 3.05) is 0 Å². The lowest BCUT2D eigenvalue weighted by Crippen LogP contribution is -2.20. The molecule has 9 aromatic rings. The molecular weight excluding hydrogens is 721 g/mol. The zero-order valence-corrected chi connectivity index (χ0v) is 29.4. The third-order valence-electron chi connectivity index (χ3n) is 10.6. The van der Waals surface area contributed by atoms with E-state index < -0.39 is 31.2 Å². The Bertz CT molecular complexity index is 3230. The molecule has 0 fully saturated rings. The van der Waals surface area contributed by atoms with Crippen molar-refractivity contribution in [2.45, 2.75) is 19.6 Å². The fraction of sp³-hybridized carbons (Fsp3) is 0. The first-order valence-corrected chi connectivity index (χ1v) is 20.0. The first-order chi connectivity index (χ1) is 26.1. The zero-order valence-electron chi connectivity index (χ0n) is 27.8. The van der Waals surface area contributed by atoms with E-state index in [1.807, 2.05) is 48.5 Å². The molecule has 0 N–H and O–H groups in total. The largest absolute Gasteiger partial charge is 0.455 e. The predicted octanol–water partition coefficient (Wildman–Crippen LogP) is 9.57. The van der Waals surface area contributed by atoms with E-state index in [4.69, 9.17) is 8.83 Å². The average molecular weight is 743 g/mol. The van der Waals surface area contributed by atoms with Gasteiger partial charge < -0.3 is 8.83 Å². The van der Waals surface area contributed by atoms with Crippen molar-refractivity contribution >= 4 is 75.1 Å². The van der Waals surface area contributed by atoms with Gasteiger partial charge >= 0.3 is 0 Å². The highest BCUT2D eigenvalue weighted by Gasteiger charge is 2.37. The van der Waals surface area contributed by atoms with Crippen LogP contribution in [0.4, 0.5) is 0 Å². The van der Waals surface area contributed by atoms with Crippen LogP contribution in [0, 0.1) is 0 Å². The molecule has 54 heavy (non-hydrogen) atoms. The van der Waals surface area contributed by atoms with Crippen LogP contribution in [0.15, 0.2) is 162 Å². The maximum atomic E-state index is 13.9. The van der Waals surface area contributed by atoms with Crippen molar-refractivity contribution in [3.63, 3.8) is 0 Å². The molecule has 0 spiro atoms. The number of fused-ring (bicyclic) bond motifs is 10. The minimum atomic E-state index is -3.98. The minimum absolute atomic E-state index is 0.0256. The highest BCUT2D eigenvalue weighted by atomic mass is 32.2. The van der Waals surface area contributed by atoms with E-state index in [-0.39, 0.29) is 41.8 Å². The van der Waals surface area contributed by atoms with Gasteiger partial charge in [-0.15, -0.1) is 0 Å². The van der Waals surface area contributed by atoms with Crippen molar-refractivity contribution in [3.05, 3.63) is 156 Å². The molecule has 0 bridgehead atoms. The molecule has 2 aliphatic rings. The summed E-state index contributed by atoms with van der Waals surface area (Å²) in [6, 6.07) is 36.9. The van der Waals surface area contributed by atoms with Crippen LogP contribution in [0.5, 0.6) is 0 Å². The molecule has 10 heteroatoms. The smallest absolute Gasteiger partial charge is 0.208 e. The number of hydrogen-bond donors (Lipinski definition) is 0. The SMILES string of the molecule is O=C1c2ccccc2S(=O)(=O)c2ccc(-c3c4oc5ccccc5c4c(-c4ccc5c(c4)C(=O)c4ccccc4S5(=O)=O)c4oc5ccccc5c34)cc21. The average Bonchev–Trinajstić information content (AvgIpc) is 3.77.